The summed E-state index contributed by atoms with van der Waals surface area (Å²) in [6.45, 7) is 2.20. The Morgan fingerprint density at radius 2 is 1.59 bits per heavy atom. The van der Waals surface area contributed by atoms with Crippen molar-refractivity contribution in [1.82, 2.24) is 0 Å². The number of hydrogen-bond acceptors (Lipinski definition) is 1. The number of benzene rings is 2. The summed E-state index contributed by atoms with van der Waals surface area (Å²) < 4.78 is 0. The van der Waals surface area contributed by atoms with E-state index in [2.05, 4.69) is 67.6 Å². The number of hydrogen-bond donors (Lipinski definition) is 0. The Morgan fingerprint density at radius 1 is 0.882 bits per heavy atom. The molecule has 2 aromatic carbocycles. The van der Waals surface area contributed by atoms with E-state index in [4.69, 9.17) is 0 Å². The summed E-state index contributed by atoms with van der Waals surface area (Å²) in [6, 6.07) is 19.3. The van der Waals surface area contributed by atoms with Crippen molar-refractivity contribution >= 4 is 17.3 Å². The van der Waals surface area contributed by atoms with Crippen molar-refractivity contribution in [3.05, 3.63) is 71.8 Å². The zero-order valence-electron chi connectivity index (χ0n) is 9.76. The Kier molecular flexibility index (Phi) is 2.77. The van der Waals surface area contributed by atoms with Gasteiger partial charge in [-0.1, -0.05) is 54.6 Å². The normalized spacial score (nSPS) is 18.4. The van der Waals surface area contributed by atoms with Crippen molar-refractivity contribution in [1.29, 1.82) is 0 Å². The Hall–Kier alpha value is -1.47. The number of allylic oxidation sites excluding steroid dienone is 1. The summed E-state index contributed by atoms with van der Waals surface area (Å²) in [4.78, 5) is 1.39. The molecule has 2 aromatic rings. The highest BCUT2D eigenvalue weighted by Gasteiger charge is 2.18. The van der Waals surface area contributed by atoms with Crippen molar-refractivity contribution < 1.29 is 0 Å². The van der Waals surface area contributed by atoms with E-state index in [1.165, 1.54) is 21.6 Å². The second-order valence-electron chi connectivity index (χ2n) is 4.29. The predicted octanol–water partition coefficient (Wildman–Crippen LogP) is 4.94. The summed E-state index contributed by atoms with van der Waals surface area (Å²) >= 11 is 1.94. The molecular weight excluding hydrogens is 224 g/mol. The van der Waals surface area contributed by atoms with Gasteiger partial charge < -0.3 is 0 Å². The van der Waals surface area contributed by atoms with Crippen LogP contribution in [0.2, 0.25) is 0 Å². The zero-order chi connectivity index (χ0) is 11.7. The van der Waals surface area contributed by atoms with Gasteiger partial charge >= 0.3 is 0 Å². The Bertz CT molecular complexity index is 555. The predicted molar refractivity (Wildman–Crippen MR) is 75.1 cm³/mol. The summed E-state index contributed by atoms with van der Waals surface area (Å²) in [5, 5.41) is 0.450. The van der Waals surface area contributed by atoms with Gasteiger partial charge in [0.25, 0.3) is 0 Å². The Morgan fingerprint density at radius 3 is 2.41 bits per heavy atom. The summed E-state index contributed by atoms with van der Waals surface area (Å²) in [5.41, 5.74) is 4.14. The maximum Gasteiger partial charge on any atom is 0.0530 e. The van der Waals surface area contributed by atoms with Gasteiger partial charge in [0.15, 0.2) is 0 Å². The van der Waals surface area contributed by atoms with Crippen molar-refractivity contribution in [2.75, 3.05) is 0 Å². The van der Waals surface area contributed by atoms with Crippen LogP contribution in [0.3, 0.4) is 0 Å². The zero-order valence-corrected chi connectivity index (χ0v) is 10.6. The maximum absolute atomic E-state index is 2.36. The van der Waals surface area contributed by atoms with Crippen LogP contribution >= 0.6 is 11.8 Å². The van der Waals surface area contributed by atoms with E-state index in [9.17, 15) is 0 Å². The molecule has 0 N–H and O–H groups in total. The van der Waals surface area contributed by atoms with E-state index in [1.54, 1.807) is 0 Å². The minimum atomic E-state index is 0.450. The minimum absolute atomic E-state index is 0.450. The molecule has 1 unspecified atom stereocenters. The van der Waals surface area contributed by atoms with Gasteiger partial charge in [0.1, 0.15) is 0 Å². The van der Waals surface area contributed by atoms with Crippen LogP contribution in [0.4, 0.5) is 0 Å². The molecule has 1 atom stereocenters. The molecule has 0 spiro atoms. The maximum atomic E-state index is 2.36. The molecule has 84 valence electrons. The Labute approximate surface area is 106 Å². The average Bonchev–Trinajstić information content (AvgIpc) is 2.40. The molecule has 17 heavy (non-hydrogen) atoms. The van der Waals surface area contributed by atoms with Crippen molar-refractivity contribution in [3.63, 3.8) is 0 Å². The van der Waals surface area contributed by atoms with Crippen molar-refractivity contribution in [2.45, 2.75) is 17.1 Å². The van der Waals surface area contributed by atoms with E-state index in [-0.39, 0.29) is 0 Å². The molecule has 0 saturated carbocycles. The van der Waals surface area contributed by atoms with Crippen LogP contribution in [0.5, 0.6) is 0 Å². The SMILES string of the molecule is CC1=CC(c2ccccc2)Sc2ccccc21. The van der Waals surface area contributed by atoms with Crippen LogP contribution < -0.4 is 0 Å². The third-order valence-corrected chi connectivity index (χ3v) is 4.37. The molecule has 0 aliphatic carbocycles. The number of fused-ring (bicyclic) bond motifs is 1. The first-order valence-corrected chi connectivity index (χ1v) is 6.72. The lowest BCUT2D eigenvalue weighted by Gasteiger charge is -2.22. The van der Waals surface area contributed by atoms with Gasteiger partial charge in [-0.2, -0.15) is 0 Å². The monoisotopic (exact) mass is 238 g/mol. The van der Waals surface area contributed by atoms with Crippen LogP contribution in [0.1, 0.15) is 23.3 Å². The van der Waals surface area contributed by atoms with E-state index in [0.717, 1.165) is 0 Å². The molecular formula is C16H14S. The molecule has 1 heterocycles. The summed E-state index contributed by atoms with van der Waals surface area (Å²) in [7, 11) is 0. The second-order valence-corrected chi connectivity index (χ2v) is 5.48. The van der Waals surface area contributed by atoms with Gasteiger partial charge in [0, 0.05) is 4.90 Å². The smallest absolute Gasteiger partial charge is 0.0530 e. The van der Waals surface area contributed by atoms with E-state index in [0.29, 0.717) is 5.25 Å². The van der Waals surface area contributed by atoms with E-state index >= 15 is 0 Å². The van der Waals surface area contributed by atoms with Crippen molar-refractivity contribution in [2.24, 2.45) is 0 Å². The molecule has 1 heteroatoms. The van der Waals surface area contributed by atoms with Gasteiger partial charge in [0.05, 0.1) is 5.25 Å². The summed E-state index contributed by atoms with van der Waals surface area (Å²) in [6.07, 6.45) is 2.36. The summed E-state index contributed by atoms with van der Waals surface area (Å²) in [5.74, 6) is 0. The molecule has 0 amide bonds. The second kappa shape index (κ2) is 4.42. The molecule has 0 fully saturated rings. The standard InChI is InChI=1S/C16H14S/c1-12-11-16(13-7-3-2-4-8-13)17-15-10-6-5-9-14(12)15/h2-11,16H,1H3. The van der Waals surface area contributed by atoms with Crippen LogP contribution in [-0.2, 0) is 0 Å². The molecule has 0 radical (unpaired) electrons. The van der Waals surface area contributed by atoms with Gasteiger partial charge in [0.2, 0.25) is 0 Å². The highest BCUT2D eigenvalue weighted by molar-refractivity contribution is 7.99. The minimum Gasteiger partial charge on any atom is -0.113 e. The lowest BCUT2D eigenvalue weighted by molar-refractivity contribution is 1.18. The molecule has 3 rings (SSSR count). The number of thioether (sulfide) groups is 1. The van der Waals surface area contributed by atoms with Gasteiger partial charge in [-0.05, 0) is 29.7 Å². The molecule has 0 saturated heterocycles. The number of rotatable bonds is 1. The fourth-order valence-electron chi connectivity index (χ4n) is 2.19. The van der Waals surface area contributed by atoms with Gasteiger partial charge in [-0.25, -0.2) is 0 Å². The highest BCUT2D eigenvalue weighted by Crippen LogP contribution is 2.44. The van der Waals surface area contributed by atoms with Crippen LogP contribution in [0.25, 0.3) is 5.57 Å². The molecule has 0 bridgehead atoms. The topological polar surface area (TPSA) is 0 Å². The van der Waals surface area contributed by atoms with E-state index in [1.807, 2.05) is 11.8 Å². The van der Waals surface area contributed by atoms with E-state index < -0.39 is 0 Å². The first-order valence-electron chi connectivity index (χ1n) is 5.84. The van der Waals surface area contributed by atoms with Crippen LogP contribution in [-0.4, -0.2) is 0 Å². The van der Waals surface area contributed by atoms with Crippen LogP contribution in [0.15, 0.2) is 65.6 Å². The molecule has 1 aliphatic heterocycles. The van der Waals surface area contributed by atoms with Gasteiger partial charge in [-0.15, -0.1) is 11.8 Å². The highest BCUT2D eigenvalue weighted by atomic mass is 32.2. The Balaban J connectivity index is 2.02. The lowest BCUT2D eigenvalue weighted by atomic mass is 10.0. The fourth-order valence-corrected chi connectivity index (χ4v) is 3.54. The quantitative estimate of drug-likeness (QED) is 0.678. The lowest BCUT2D eigenvalue weighted by Crippen LogP contribution is -1.98. The molecule has 1 aliphatic rings. The largest absolute Gasteiger partial charge is 0.113 e. The average molecular weight is 238 g/mol. The third kappa shape index (κ3) is 2.03. The fraction of sp³-hybridized carbons (Fsp3) is 0.125. The first kappa shape index (κ1) is 10.7. The van der Waals surface area contributed by atoms with Crippen LogP contribution in [0, 0.1) is 0 Å². The van der Waals surface area contributed by atoms with Crippen molar-refractivity contribution in [3.8, 4) is 0 Å². The third-order valence-electron chi connectivity index (χ3n) is 3.10. The molecule has 0 nitrogen and oxygen atoms in total. The molecule has 0 aromatic heterocycles. The first-order chi connectivity index (χ1) is 8.34. The van der Waals surface area contributed by atoms with Gasteiger partial charge in [-0.3, -0.25) is 0 Å².